The quantitative estimate of drug-likeness (QED) is 0.558. The van der Waals surface area contributed by atoms with E-state index in [1.807, 2.05) is 12.3 Å². The molecule has 0 spiro atoms. The average Bonchev–Trinajstić information content (AvgIpc) is 2.38. The van der Waals surface area contributed by atoms with Crippen LogP contribution in [0.3, 0.4) is 0 Å². The molecule has 0 aliphatic heterocycles. The fraction of sp³-hybridized carbons (Fsp3) is 0.333. The second kappa shape index (κ2) is 7.03. The Hall–Kier alpha value is -1.53. The summed E-state index contributed by atoms with van der Waals surface area (Å²) < 4.78 is 0. The van der Waals surface area contributed by atoms with E-state index in [4.69, 9.17) is 5.11 Å². The first-order chi connectivity index (χ1) is 8.56. The van der Waals surface area contributed by atoms with Crippen molar-refractivity contribution in [2.75, 3.05) is 18.2 Å². The van der Waals surface area contributed by atoms with Crippen LogP contribution in [0.4, 0.5) is 5.69 Å². The van der Waals surface area contributed by atoms with Crippen LogP contribution < -0.4 is 10.6 Å². The largest absolute Gasteiger partial charge is 0.394 e. The Bertz CT molecular complexity index is 437. The van der Waals surface area contributed by atoms with Gasteiger partial charge in [0.05, 0.1) is 6.61 Å². The number of aliphatic hydroxyl groups excluding tert-OH is 1. The first-order valence-electron chi connectivity index (χ1n) is 5.43. The zero-order valence-corrected chi connectivity index (χ0v) is 11.1. The molecule has 0 radical (unpaired) electrons. The number of hydrogen-bond acceptors (Lipinski definition) is 4. The summed E-state index contributed by atoms with van der Waals surface area (Å²) in [6, 6.07) is 6.76. The highest BCUT2D eigenvalue weighted by Gasteiger charge is 2.15. The van der Waals surface area contributed by atoms with Crippen LogP contribution in [0.1, 0.15) is 6.92 Å². The maximum Gasteiger partial charge on any atom is 0.313 e. The minimum absolute atomic E-state index is 0.207. The van der Waals surface area contributed by atoms with E-state index >= 15 is 0 Å². The molecule has 1 unspecified atom stereocenters. The molecule has 1 rings (SSSR count). The third kappa shape index (κ3) is 4.38. The second-order valence-corrected chi connectivity index (χ2v) is 4.62. The summed E-state index contributed by atoms with van der Waals surface area (Å²) in [5.74, 6) is -1.50. The maximum atomic E-state index is 11.6. The molecule has 0 fully saturated rings. The molecule has 1 atom stereocenters. The Morgan fingerprint density at radius 2 is 2.11 bits per heavy atom. The van der Waals surface area contributed by atoms with Gasteiger partial charge in [-0.1, -0.05) is 6.07 Å². The lowest BCUT2D eigenvalue weighted by Crippen LogP contribution is -2.42. The van der Waals surface area contributed by atoms with Gasteiger partial charge in [0, 0.05) is 16.6 Å². The van der Waals surface area contributed by atoms with E-state index in [1.54, 1.807) is 36.9 Å². The Labute approximate surface area is 110 Å². The molecule has 0 aliphatic carbocycles. The van der Waals surface area contributed by atoms with Crippen LogP contribution in [0, 0.1) is 0 Å². The lowest BCUT2D eigenvalue weighted by Gasteiger charge is -2.11. The van der Waals surface area contributed by atoms with Crippen LogP contribution in [0.5, 0.6) is 0 Å². The summed E-state index contributed by atoms with van der Waals surface area (Å²) in [6.45, 7) is 1.40. The van der Waals surface area contributed by atoms with Crippen LogP contribution in [0.2, 0.25) is 0 Å². The average molecular weight is 268 g/mol. The Kier molecular flexibility index (Phi) is 5.67. The van der Waals surface area contributed by atoms with E-state index in [2.05, 4.69) is 10.6 Å². The van der Waals surface area contributed by atoms with Gasteiger partial charge in [0.1, 0.15) is 0 Å². The minimum Gasteiger partial charge on any atom is -0.394 e. The van der Waals surface area contributed by atoms with Gasteiger partial charge in [-0.3, -0.25) is 9.59 Å². The number of nitrogens with one attached hydrogen (secondary N) is 2. The highest BCUT2D eigenvalue weighted by Crippen LogP contribution is 2.18. The van der Waals surface area contributed by atoms with Crippen LogP contribution in [-0.2, 0) is 9.59 Å². The standard InChI is InChI=1S/C12H16N2O3S/c1-8(7-15)13-11(16)12(17)14-9-4-3-5-10(6-9)18-2/h3-6,8,15H,7H2,1-2H3,(H,13,16)(H,14,17). The number of carbonyl (C=O) groups excluding carboxylic acids is 2. The number of aliphatic hydroxyl groups is 1. The molecule has 0 saturated carbocycles. The van der Waals surface area contributed by atoms with Crippen molar-refractivity contribution in [3.05, 3.63) is 24.3 Å². The zero-order valence-electron chi connectivity index (χ0n) is 10.3. The van der Waals surface area contributed by atoms with Crippen LogP contribution >= 0.6 is 11.8 Å². The summed E-state index contributed by atoms with van der Waals surface area (Å²) in [7, 11) is 0. The normalized spacial score (nSPS) is 11.7. The monoisotopic (exact) mass is 268 g/mol. The molecule has 2 amide bonds. The van der Waals surface area contributed by atoms with E-state index in [-0.39, 0.29) is 6.61 Å². The van der Waals surface area contributed by atoms with E-state index in [1.165, 1.54) is 0 Å². The molecule has 6 heteroatoms. The first-order valence-corrected chi connectivity index (χ1v) is 6.66. The smallest absolute Gasteiger partial charge is 0.313 e. The number of carbonyl (C=O) groups is 2. The van der Waals surface area contributed by atoms with Gasteiger partial charge in [-0.15, -0.1) is 11.8 Å². The highest BCUT2D eigenvalue weighted by molar-refractivity contribution is 7.98. The number of amides is 2. The Morgan fingerprint density at radius 1 is 1.39 bits per heavy atom. The van der Waals surface area contributed by atoms with Crippen LogP contribution in [0.15, 0.2) is 29.2 Å². The number of benzene rings is 1. The lowest BCUT2D eigenvalue weighted by molar-refractivity contribution is -0.136. The van der Waals surface area contributed by atoms with E-state index in [0.29, 0.717) is 5.69 Å². The van der Waals surface area contributed by atoms with Crippen molar-refractivity contribution >= 4 is 29.3 Å². The van der Waals surface area contributed by atoms with Gasteiger partial charge >= 0.3 is 11.8 Å². The van der Waals surface area contributed by atoms with Gasteiger partial charge in [-0.25, -0.2) is 0 Å². The topological polar surface area (TPSA) is 78.4 Å². The highest BCUT2D eigenvalue weighted by atomic mass is 32.2. The minimum atomic E-state index is -0.758. The van der Waals surface area contributed by atoms with E-state index < -0.39 is 17.9 Å². The van der Waals surface area contributed by atoms with Gasteiger partial charge in [-0.05, 0) is 31.4 Å². The molecule has 0 heterocycles. The third-order valence-electron chi connectivity index (χ3n) is 2.19. The summed E-state index contributed by atoms with van der Waals surface area (Å²) in [5.41, 5.74) is 0.568. The number of rotatable bonds is 4. The SMILES string of the molecule is CSc1cccc(NC(=O)C(=O)NC(C)CO)c1. The van der Waals surface area contributed by atoms with Crippen molar-refractivity contribution < 1.29 is 14.7 Å². The lowest BCUT2D eigenvalue weighted by atomic mass is 10.3. The number of hydrogen-bond donors (Lipinski definition) is 3. The van der Waals surface area contributed by atoms with Gasteiger partial charge in [-0.2, -0.15) is 0 Å². The molecule has 0 aromatic heterocycles. The number of thioether (sulfide) groups is 1. The van der Waals surface area contributed by atoms with Gasteiger partial charge in [0.15, 0.2) is 0 Å². The summed E-state index contributed by atoms with van der Waals surface area (Å²) >= 11 is 1.55. The second-order valence-electron chi connectivity index (χ2n) is 3.74. The predicted octanol–water partition coefficient (Wildman–Crippen LogP) is 0.844. The Morgan fingerprint density at radius 3 is 2.72 bits per heavy atom. The predicted molar refractivity (Wildman–Crippen MR) is 71.5 cm³/mol. The molecular formula is C12H16N2O3S. The van der Waals surface area contributed by atoms with Gasteiger partial charge < -0.3 is 15.7 Å². The number of anilines is 1. The third-order valence-corrected chi connectivity index (χ3v) is 2.91. The molecule has 1 aromatic rings. The fourth-order valence-electron chi connectivity index (χ4n) is 1.22. The van der Waals surface area contributed by atoms with Gasteiger partial charge in [0.25, 0.3) is 0 Å². The van der Waals surface area contributed by atoms with E-state index in [9.17, 15) is 9.59 Å². The molecule has 3 N–H and O–H groups in total. The van der Waals surface area contributed by atoms with E-state index in [0.717, 1.165) is 4.90 Å². The maximum absolute atomic E-state index is 11.6. The van der Waals surface area contributed by atoms with Crippen molar-refractivity contribution in [3.63, 3.8) is 0 Å². The molecule has 0 saturated heterocycles. The van der Waals surface area contributed by atoms with Crippen molar-refractivity contribution in [2.45, 2.75) is 17.9 Å². The van der Waals surface area contributed by atoms with Crippen molar-refractivity contribution in [1.82, 2.24) is 5.32 Å². The van der Waals surface area contributed by atoms with Crippen molar-refractivity contribution in [1.29, 1.82) is 0 Å². The zero-order chi connectivity index (χ0) is 13.5. The molecule has 18 heavy (non-hydrogen) atoms. The summed E-state index contributed by atoms with van der Waals surface area (Å²) in [4.78, 5) is 24.0. The summed E-state index contributed by atoms with van der Waals surface area (Å²) in [6.07, 6.45) is 1.93. The van der Waals surface area contributed by atoms with Crippen LogP contribution in [0.25, 0.3) is 0 Å². The first kappa shape index (κ1) is 14.5. The molecule has 0 bridgehead atoms. The molecule has 98 valence electrons. The fourth-order valence-corrected chi connectivity index (χ4v) is 1.68. The summed E-state index contributed by atoms with van der Waals surface area (Å²) in [5, 5.41) is 13.6. The molecule has 5 nitrogen and oxygen atoms in total. The molecule has 1 aromatic carbocycles. The molecule has 0 aliphatic rings. The van der Waals surface area contributed by atoms with Crippen molar-refractivity contribution in [3.8, 4) is 0 Å². The molecular weight excluding hydrogens is 252 g/mol. The van der Waals surface area contributed by atoms with Gasteiger partial charge in [0.2, 0.25) is 0 Å². The van der Waals surface area contributed by atoms with Crippen LogP contribution in [-0.4, -0.2) is 35.8 Å². The Balaban J connectivity index is 2.60. The van der Waals surface area contributed by atoms with Crippen molar-refractivity contribution in [2.24, 2.45) is 0 Å².